The molecule has 0 aromatic carbocycles. The summed E-state index contributed by atoms with van der Waals surface area (Å²) >= 11 is 1.96. The predicted molar refractivity (Wildman–Crippen MR) is 70.7 cm³/mol. The highest BCUT2D eigenvalue weighted by atomic mass is 32.2. The second-order valence-corrected chi connectivity index (χ2v) is 5.49. The normalized spacial score (nSPS) is 18.4. The fourth-order valence-corrected chi connectivity index (χ4v) is 2.73. The molecule has 1 atom stereocenters. The van der Waals surface area contributed by atoms with E-state index in [2.05, 4.69) is 30.4 Å². The molecule has 0 heterocycles. The first-order valence-electron chi connectivity index (χ1n) is 6.20. The first kappa shape index (κ1) is 13.3. The van der Waals surface area contributed by atoms with Crippen LogP contribution in [0.15, 0.2) is 0 Å². The zero-order chi connectivity index (χ0) is 11.1. The van der Waals surface area contributed by atoms with Crippen molar-refractivity contribution in [1.82, 2.24) is 10.2 Å². The lowest BCUT2D eigenvalue weighted by atomic mass is 10.2. The third-order valence-corrected chi connectivity index (χ3v) is 3.87. The minimum Gasteiger partial charge on any atom is -0.314 e. The van der Waals surface area contributed by atoms with Crippen LogP contribution in [0.3, 0.4) is 0 Å². The summed E-state index contributed by atoms with van der Waals surface area (Å²) in [5, 5.41) is 3.57. The number of rotatable bonds is 9. The summed E-state index contributed by atoms with van der Waals surface area (Å²) < 4.78 is 0. The van der Waals surface area contributed by atoms with E-state index in [4.69, 9.17) is 0 Å². The quantitative estimate of drug-likeness (QED) is 0.611. The van der Waals surface area contributed by atoms with Crippen molar-refractivity contribution in [1.29, 1.82) is 0 Å². The molecule has 1 fully saturated rings. The lowest BCUT2D eigenvalue weighted by molar-refractivity contribution is 0.252. The maximum absolute atomic E-state index is 3.57. The Kier molecular flexibility index (Phi) is 6.69. The van der Waals surface area contributed by atoms with E-state index in [1.54, 1.807) is 0 Å². The minimum absolute atomic E-state index is 0.765. The molecule has 1 rings (SSSR count). The SMILES string of the molecule is CCC(CSC)N(C)CCCNC1CC1. The first-order chi connectivity index (χ1) is 7.27. The lowest BCUT2D eigenvalue weighted by Crippen LogP contribution is -2.35. The van der Waals surface area contributed by atoms with Gasteiger partial charge in [0.25, 0.3) is 0 Å². The van der Waals surface area contributed by atoms with Crippen LogP contribution >= 0.6 is 11.8 Å². The van der Waals surface area contributed by atoms with Gasteiger partial charge in [0, 0.05) is 17.8 Å². The second kappa shape index (κ2) is 7.53. The van der Waals surface area contributed by atoms with Crippen molar-refractivity contribution in [2.45, 2.75) is 44.7 Å². The molecular formula is C12H26N2S. The zero-order valence-electron chi connectivity index (χ0n) is 10.5. The van der Waals surface area contributed by atoms with Crippen molar-refractivity contribution in [2.24, 2.45) is 0 Å². The fourth-order valence-electron chi connectivity index (χ4n) is 1.85. The monoisotopic (exact) mass is 230 g/mol. The van der Waals surface area contributed by atoms with Crippen molar-refractivity contribution >= 4 is 11.8 Å². The number of nitrogens with one attached hydrogen (secondary N) is 1. The molecule has 0 saturated heterocycles. The summed E-state index contributed by atoms with van der Waals surface area (Å²) in [6.07, 6.45) is 7.57. The molecule has 0 aromatic rings. The Balaban J connectivity index is 2.00. The summed E-state index contributed by atoms with van der Waals surface area (Å²) in [6.45, 7) is 4.73. The summed E-state index contributed by atoms with van der Waals surface area (Å²) in [5.41, 5.74) is 0. The number of hydrogen-bond donors (Lipinski definition) is 1. The van der Waals surface area contributed by atoms with Crippen molar-refractivity contribution < 1.29 is 0 Å². The van der Waals surface area contributed by atoms with E-state index in [-0.39, 0.29) is 0 Å². The molecule has 1 aliphatic rings. The summed E-state index contributed by atoms with van der Waals surface area (Å²) in [5.74, 6) is 1.27. The molecule has 2 nitrogen and oxygen atoms in total. The van der Waals surface area contributed by atoms with Crippen LogP contribution in [0.4, 0.5) is 0 Å². The maximum atomic E-state index is 3.57. The molecule has 90 valence electrons. The van der Waals surface area contributed by atoms with Gasteiger partial charge < -0.3 is 10.2 Å². The molecule has 0 aromatic heterocycles. The van der Waals surface area contributed by atoms with Crippen LogP contribution < -0.4 is 5.32 Å². The third kappa shape index (κ3) is 5.79. The van der Waals surface area contributed by atoms with Crippen LogP contribution in [-0.4, -0.2) is 49.1 Å². The van der Waals surface area contributed by atoms with Crippen LogP contribution in [-0.2, 0) is 0 Å². The molecular weight excluding hydrogens is 204 g/mol. The van der Waals surface area contributed by atoms with Gasteiger partial charge in [-0.1, -0.05) is 6.92 Å². The number of hydrogen-bond acceptors (Lipinski definition) is 3. The molecule has 0 aliphatic heterocycles. The van der Waals surface area contributed by atoms with Crippen LogP contribution in [0, 0.1) is 0 Å². The summed E-state index contributed by atoms with van der Waals surface area (Å²) in [4.78, 5) is 2.52. The van der Waals surface area contributed by atoms with Gasteiger partial charge in [-0.3, -0.25) is 0 Å². The minimum atomic E-state index is 0.765. The number of nitrogens with zero attached hydrogens (tertiary/aromatic N) is 1. The standard InChI is InChI=1S/C12H26N2S/c1-4-12(10-15-3)14(2)9-5-8-13-11-6-7-11/h11-13H,4-10H2,1-3H3. The zero-order valence-corrected chi connectivity index (χ0v) is 11.3. The number of thioether (sulfide) groups is 1. The van der Waals surface area contributed by atoms with Crippen LogP contribution in [0.25, 0.3) is 0 Å². The Hall–Kier alpha value is 0.270. The van der Waals surface area contributed by atoms with Gasteiger partial charge in [0.1, 0.15) is 0 Å². The molecule has 15 heavy (non-hydrogen) atoms. The Morgan fingerprint density at radius 1 is 1.47 bits per heavy atom. The molecule has 0 radical (unpaired) electrons. The molecule has 3 heteroatoms. The highest BCUT2D eigenvalue weighted by Gasteiger charge is 2.19. The van der Waals surface area contributed by atoms with Gasteiger partial charge in [0.15, 0.2) is 0 Å². The van der Waals surface area contributed by atoms with E-state index < -0.39 is 0 Å². The summed E-state index contributed by atoms with van der Waals surface area (Å²) in [7, 11) is 2.27. The second-order valence-electron chi connectivity index (χ2n) is 4.58. The van der Waals surface area contributed by atoms with Crippen molar-refractivity contribution in [3.63, 3.8) is 0 Å². The highest BCUT2D eigenvalue weighted by Crippen LogP contribution is 2.18. The molecule has 0 amide bonds. The molecule has 1 saturated carbocycles. The van der Waals surface area contributed by atoms with Crippen molar-refractivity contribution in [3.8, 4) is 0 Å². The lowest BCUT2D eigenvalue weighted by Gasteiger charge is -2.26. The Bertz CT molecular complexity index is 160. The van der Waals surface area contributed by atoms with E-state index in [1.807, 2.05) is 11.8 Å². The van der Waals surface area contributed by atoms with Crippen LogP contribution in [0.5, 0.6) is 0 Å². The molecule has 1 N–H and O–H groups in total. The average Bonchev–Trinajstić information content (AvgIpc) is 3.04. The summed E-state index contributed by atoms with van der Waals surface area (Å²) in [6, 6.07) is 1.63. The molecule has 0 bridgehead atoms. The van der Waals surface area contributed by atoms with Gasteiger partial charge in [0.05, 0.1) is 0 Å². The van der Waals surface area contributed by atoms with E-state index in [9.17, 15) is 0 Å². The van der Waals surface area contributed by atoms with Gasteiger partial charge in [-0.05, 0) is 52.1 Å². The average molecular weight is 230 g/mol. The van der Waals surface area contributed by atoms with Gasteiger partial charge in [-0.15, -0.1) is 0 Å². The van der Waals surface area contributed by atoms with Gasteiger partial charge in [-0.25, -0.2) is 0 Å². The highest BCUT2D eigenvalue weighted by molar-refractivity contribution is 7.98. The van der Waals surface area contributed by atoms with E-state index in [0.717, 1.165) is 12.1 Å². The van der Waals surface area contributed by atoms with Crippen molar-refractivity contribution in [3.05, 3.63) is 0 Å². The first-order valence-corrected chi connectivity index (χ1v) is 7.59. The largest absolute Gasteiger partial charge is 0.314 e. The topological polar surface area (TPSA) is 15.3 Å². The van der Waals surface area contributed by atoms with Crippen LogP contribution in [0.1, 0.15) is 32.6 Å². The van der Waals surface area contributed by atoms with Gasteiger partial charge >= 0.3 is 0 Å². The van der Waals surface area contributed by atoms with E-state index in [1.165, 1.54) is 44.5 Å². The van der Waals surface area contributed by atoms with Crippen molar-refractivity contribution in [2.75, 3.05) is 32.1 Å². The van der Waals surface area contributed by atoms with Crippen LogP contribution in [0.2, 0.25) is 0 Å². The molecule has 1 aliphatic carbocycles. The molecule has 0 spiro atoms. The predicted octanol–water partition coefficient (Wildman–Crippen LogP) is 2.20. The Morgan fingerprint density at radius 2 is 2.20 bits per heavy atom. The van der Waals surface area contributed by atoms with E-state index in [0.29, 0.717) is 0 Å². The smallest absolute Gasteiger partial charge is 0.0180 e. The molecule has 1 unspecified atom stereocenters. The maximum Gasteiger partial charge on any atom is 0.0180 e. The third-order valence-electron chi connectivity index (χ3n) is 3.15. The van der Waals surface area contributed by atoms with E-state index >= 15 is 0 Å². The Labute approximate surface area is 99.2 Å². The fraction of sp³-hybridized carbons (Fsp3) is 1.00. The Morgan fingerprint density at radius 3 is 2.73 bits per heavy atom. The van der Waals surface area contributed by atoms with Gasteiger partial charge in [0.2, 0.25) is 0 Å². The van der Waals surface area contributed by atoms with Gasteiger partial charge in [-0.2, -0.15) is 11.8 Å².